The number of carbonyl (C=O) groups excluding carboxylic acids is 1. The van der Waals surface area contributed by atoms with E-state index in [0.29, 0.717) is 22.5 Å². The van der Waals surface area contributed by atoms with E-state index in [0.717, 1.165) is 10.6 Å². The van der Waals surface area contributed by atoms with Gasteiger partial charge >= 0.3 is 0 Å². The van der Waals surface area contributed by atoms with Crippen LogP contribution in [0.15, 0.2) is 30.3 Å². The number of sulfonamides is 1. The third kappa shape index (κ3) is 7.31. The van der Waals surface area contributed by atoms with E-state index in [1.165, 1.54) is 37.4 Å². The smallest absolute Gasteiger partial charge is 0.239 e. The van der Waals surface area contributed by atoms with E-state index in [-0.39, 0.29) is 24.7 Å². The number of halogens is 1. The van der Waals surface area contributed by atoms with Crippen molar-refractivity contribution in [1.29, 1.82) is 0 Å². The lowest BCUT2D eigenvalue weighted by molar-refractivity contribution is -0.120. The summed E-state index contributed by atoms with van der Waals surface area (Å²) in [4.78, 5) is 19.8. The van der Waals surface area contributed by atoms with Crippen LogP contribution in [0, 0.1) is 5.82 Å². The van der Waals surface area contributed by atoms with Crippen LogP contribution in [0.1, 0.15) is 43.9 Å². The number of carbonyl (C=O) groups is 1. The summed E-state index contributed by atoms with van der Waals surface area (Å²) in [6.45, 7) is 3.73. The van der Waals surface area contributed by atoms with Gasteiger partial charge in [0.25, 0.3) is 0 Å². The van der Waals surface area contributed by atoms with Crippen molar-refractivity contribution in [1.82, 2.24) is 9.97 Å². The predicted octanol–water partition coefficient (Wildman–Crippen LogP) is 1.80. The Balaban J connectivity index is 2.61. The summed E-state index contributed by atoms with van der Waals surface area (Å²) in [6, 6.07) is 5.54. The number of hydrogen-bond acceptors (Lipinski definition) is 7. The molecule has 1 aromatic heterocycles. The van der Waals surface area contributed by atoms with Gasteiger partial charge in [0, 0.05) is 24.6 Å². The highest BCUT2D eigenvalue weighted by molar-refractivity contribution is 7.92. The summed E-state index contributed by atoms with van der Waals surface area (Å²) in [6.07, 6.45) is 1.42. The van der Waals surface area contributed by atoms with Crippen LogP contribution >= 0.6 is 0 Å². The molecule has 0 spiro atoms. The number of nitrogens with zero attached hydrogens (tertiary/aromatic N) is 3. The minimum atomic E-state index is -3.64. The first kappa shape index (κ1) is 26.4. The standard InChI is InChI=1S/C22H29FN4O5S/c1-13(2)20-18(10-9-16(28)11-17(29)12-19(24)30)21(14-5-7-15(23)8-6-14)26-22(25-20)27(3)33(4,31)32/h5-10,13,16-17,28-29H,11-12H2,1-4H3,(H2,24,30)/b10-9+. The van der Waals surface area contributed by atoms with Crippen molar-refractivity contribution >= 4 is 28.0 Å². The van der Waals surface area contributed by atoms with Crippen molar-refractivity contribution in [2.45, 2.75) is 44.8 Å². The topological polar surface area (TPSA) is 147 Å². The van der Waals surface area contributed by atoms with Gasteiger partial charge in [-0.15, -0.1) is 0 Å². The second kappa shape index (κ2) is 10.8. The van der Waals surface area contributed by atoms with Gasteiger partial charge in [0.1, 0.15) is 5.82 Å². The molecule has 0 aliphatic heterocycles. The van der Waals surface area contributed by atoms with E-state index in [9.17, 15) is 27.8 Å². The lowest BCUT2D eigenvalue weighted by Crippen LogP contribution is -2.27. The Morgan fingerprint density at radius 3 is 2.33 bits per heavy atom. The molecule has 0 bridgehead atoms. The maximum Gasteiger partial charge on any atom is 0.239 e. The number of hydrogen-bond donors (Lipinski definition) is 3. The van der Waals surface area contributed by atoms with Crippen LogP contribution in [-0.2, 0) is 14.8 Å². The fourth-order valence-corrected chi connectivity index (χ4v) is 3.45. The molecule has 33 heavy (non-hydrogen) atoms. The number of nitrogens with two attached hydrogens (primary N) is 1. The molecule has 1 aromatic carbocycles. The summed E-state index contributed by atoms with van der Waals surface area (Å²) in [5, 5.41) is 20.1. The van der Waals surface area contributed by atoms with Gasteiger partial charge in [-0.3, -0.25) is 4.79 Å². The maximum absolute atomic E-state index is 13.5. The minimum Gasteiger partial charge on any atom is -0.392 e. The first-order valence-electron chi connectivity index (χ1n) is 10.2. The molecule has 2 aromatic rings. The van der Waals surface area contributed by atoms with Crippen LogP contribution in [0.4, 0.5) is 10.3 Å². The van der Waals surface area contributed by atoms with Crippen LogP contribution in [0.5, 0.6) is 0 Å². The van der Waals surface area contributed by atoms with Gasteiger partial charge in [-0.05, 0) is 30.2 Å². The minimum absolute atomic E-state index is 0.0462. The SMILES string of the molecule is CC(C)c1nc(N(C)S(C)(=O)=O)nc(-c2ccc(F)cc2)c1/C=C/C(O)CC(O)CC(N)=O. The first-order valence-corrected chi connectivity index (χ1v) is 12.1. The zero-order chi connectivity index (χ0) is 24.9. The zero-order valence-electron chi connectivity index (χ0n) is 18.9. The van der Waals surface area contributed by atoms with E-state index in [1.54, 1.807) is 6.08 Å². The summed E-state index contributed by atoms with van der Waals surface area (Å²) >= 11 is 0. The largest absolute Gasteiger partial charge is 0.392 e. The van der Waals surface area contributed by atoms with Crippen molar-refractivity contribution in [3.63, 3.8) is 0 Å². The molecule has 2 unspecified atom stereocenters. The Morgan fingerprint density at radius 2 is 1.82 bits per heavy atom. The molecule has 4 N–H and O–H groups in total. The molecule has 0 aliphatic carbocycles. The molecule has 11 heteroatoms. The average Bonchev–Trinajstić information content (AvgIpc) is 2.70. The van der Waals surface area contributed by atoms with Gasteiger partial charge in [0.2, 0.25) is 21.9 Å². The predicted molar refractivity (Wildman–Crippen MR) is 124 cm³/mol. The fourth-order valence-electron chi connectivity index (χ4n) is 3.08. The molecule has 0 saturated carbocycles. The molecule has 2 rings (SSSR count). The Kier molecular flexibility index (Phi) is 8.64. The van der Waals surface area contributed by atoms with Gasteiger partial charge < -0.3 is 15.9 Å². The number of aliphatic hydroxyl groups excluding tert-OH is 2. The van der Waals surface area contributed by atoms with Crippen LogP contribution < -0.4 is 10.0 Å². The van der Waals surface area contributed by atoms with Crippen LogP contribution in [0.2, 0.25) is 0 Å². The summed E-state index contributed by atoms with van der Waals surface area (Å²) < 4.78 is 38.6. The molecule has 0 radical (unpaired) electrons. The molecule has 0 saturated heterocycles. The number of anilines is 1. The Bertz CT molecular complexity index is 1120. The third-order valence-corrected chi connectivity index (χ3v) is 6.00. The summed E-state index contributed by atoms with van der Waals surface area (Å²) in [5.41, 5.74) is 6.95. The quantitative estimate of drug-likeness (QED) is 0.470. The molecule has 0 aliphatic rings. The van der Waals surface area contributed by atoms with Crippen molar-refractivity contribution in [2.75, 3.05) is 17.6 Å². The highest BCUT2D eigenvalue weighted by Gasteiger charge is 2.22. The molecule has 1 heterocycles. The fraction of sp³-hybridized carbons (Fsp3) is 0.409. The lowest BCUT2D eigenvalue weighted by Gasteiger charge is -2.20. The van der Waals surface area contributed by atoms with Gasteiger partial charge in [-0.1, -0.05) is 26.0 Å². The van der Waals surface area contributed by atoms with Crippen molar-refractivity contribution in [3.05, 3.63) is 47.4 Å². The normalized spacial score (nSPS) is 13.9. The molecule has 180 valence electrons. The van der Waals surface area contributed by atoms with Crippen molar-refractivity contribution < 1.29 is 27.8 Å². The molecule has 1 amide bonds. The van der Waals surface area contributed by atoms with E-state index < -0.39 is 34.0 Å². The first-order chi connectivity index (χ1) is 15.3. The third-order valence-electron chi connectivity index (χ3n) is 4.84. The highest BCUT2D eigenvalue weighted by Crippen LogP contribution is 2.31. The average molecular weight is 481 g/mol. The van der Waals surface area contributed by atoms with Crippen LogP contribution in [-0.4, -0.2) is 60.0 Å². The maximum atomic E-state index is 13.5. The van der Waals surface area contributed by atoms with Gasteiger partial charge in [-0.2, -0.15) is 0 Å². The van der Waals surface area contributed by atoms with Crippen molar-refractivity contribution in [3.8, 4) is 11.3 Å². The van der Waals surface area contributed by atoms with Gasteiger partial charge in [0.15, 0.2) is 0 Å². The lowest BCUT2D eigenvalue weighted by atomic mass is 9.97. The van der Waals surface area contributed by atoms with E-state index in [1.807, 2.05) is 13.8 Å². The number of aliphatic hydroxyl groups is 2. The summed E-state index contributed by atoms with van der Waals surface area (Å²) in [5.74, 6) is -1.33. The molecule has 9 nitrogen and oxygen atoms in total. The summed E-state index contributed by atoms with van der Waals surface area (Å²) in [7, 11) is -2.31. The van der Waals surface area contributed by atoms with E-state index >= 15 is 0 Å². The number of aromatic nitrogens is 2. The number of amides is 1. The number of benzene rings is 1. The monoisotopic (exact) mass is 480 g/mol. The molecular weight excluding hydrogens is 451 g/mol. The highest BCUT2D eigenvalue weighted by atomic mass is 32.2. The Hall–Kier alpha value is -2.89. The number of primary amides is 1. The zero-order valence-corrected chi connectivity index (χ0v) is 19.8. The van der Waals surface area contributed by atoms with Crippen LogP contribution in [0.3, 0.4) is 0 Å². The second-order valence-electron chi connectivity index (χ2n) is 8.05. The van der Waals surface area contributed by atoms with E-state index in [4.69, 9.17) is 5.73 Å². The van der Waals surface area contributed by atoms with E-state index in [2.05, 4.69) is 9.97 Å². The second-order valence-corrected chi connectivity index (χ2v) is 10.1. The Morgan fingerprint density at radius 1 is 1.21 bits per heavy atom. The molecular formula is C22H29FN4O5S. The number of rotatable bonds is 10. The van der Waals surface area contributed by atoms with Gasteiger partial charge in [0.05, 0.1) is 36.3 Å². The van der Waals surface area contributed by atoms with Crippen molar-refractivity contribution in [2.24, 2.45) is 5.73 Å². The molecule has 2 atom stereocenters. The Labute approximate surface area is 192 Å². The van der Waals surface area contributed by atoms with Gasteiger partial charge in [-0.25, -0.2) is 27.1 Å². The van der Waals surface area contributed by atoms with Crippen LogP contribution in [0.25, 0.3) is 17.3 Å². The molecule has 0 fully saturated rings.